The predicted octanol–water partition coefficient (Wildman–Crippen LogP) is 1.14. The fourth-order valence-electron chi connectivity index (χ4n) is 1.64. The minimum atomic E-state index is -3.46. The van der Waals surface area contributed by atoms with Gasteiger partial charge in [-0.15, -0.1) is 0 Å². The average Bonchev–Trinajstić information content (AvgIpc) is 2.74. The highest BCUT2D eigenvalue weighted by molar-refractivity contribution is 7.89. The first kappa shape index (κ1) is 13.6. The van der Waals surface area contributed by atoms with Crippen LogP contribution >= 0.6 is 0 Å². The van der Waals surface area contributed by atoms with Crippen LogP contribution in [0.15, 0.2) is 41.4 Å². The fraction of sp³-hybridized carbons (Fsp3) is 0.250. The number of nitrogens with one attached hydrogen (secondary N) is 1. The Morgan fingerprint density at radius 1 is 1.21 bits per heavy atom. The van der Waals surface area contributed by atoms with Gasteiger partial charge in [0.25, 0.3) is 0 Å². The van der Waals surface area contributed by atoms with Gasteiger partial charge in [-0.05, 0) is 38.1 Å². The van der Waals surface area contributed by atoms with Crippen LogP contribution < -0.4 is 10.5 Å². The molecule has 2 aromatic rings. The SMILES string of the molecule is CC(C)NS(=O)(=O)c1ccc(-n2ccc(N)n2)cc1. The molecule has 0 saturated heterocycles. The standard InChI is InChI=1S/C12H16N4O2S/c1-9(2)15-19(17,18)11-5-3-10(4-6-11)16-8-7-12(13)14-16/h3-9,15H,1-2H3,(H2,13,14). The van der Waals surface area contributed by atoms with Gasteiger partial charge in [-0.1, -0.05) is 0 Å². The molecule has 1 aromatic heterocycles. The van der Waals surface area contributed by atoms with E-state index in [0.29, 0.717) is 5.82 Å². The van der Waals surface area contributed by atoms with E-state index in [-0.39, 0.29) is 10.9 Å². The molecular formula is C12H16N4O2S. The average molecular weight is 280 g/mol. The summed E-state index contributed by atoms with van der Waals surface area (Å²) in [7, 11) is -3.46. The lowest BCUT2D eigenvalue weighted by Crippen LogP contribution is -2.30. The zero-order valence-electron chi connectivity index (χ0n) is 10.7. The van der Waals surface area contributed by atoms with Crippen LogP contribution in [0.4, 0.5) is 5.82 Å². The maximum Gasteiger partial charge on any atom is 0.240 e. The highest BCUT2D eigenvalue weighted by Gasteiger charge is 2.15. The molecule has 102 valence electrons. The zero-order valence-corrected chi connectivity index (χ0v) is 11.6. The Morgan fingerprint density at radius 2 is 1.84 bits per heavy atom. The normalized spacial score (nSPS) is 11.9. The smallest absolute Gasteiger partial charge is 0.240 e. The van der Waals surface area contributed by atoms with E-state index in [1.807, 2.05) is 0 Å². The van der Waals surface area contributed by atoms with Crippen molar-refractivity contribution in [3.63, 3.8) is 0 Å². The third kappa shape index (κ3) is 3.12. The summed E-state index contributed by atoms with van der Waals surface area (Å²) >= 11 is 0. The van der Waals surface area contributed by atoms with E-state index < -0.39 is 10.0 Å². The first-order valence-electron chi connectivity index (χ1n) is 5.82. The molecule has 0 fully saturated rings. The van der Waals surface area contributed by atoms with Crippen molar-refractivity contribution in [1.82, 2.24) is 14.5 Å². The van der Waals surface area contributed by atoms with Crippen LogP contribution in [-0.4, -0.2) is 24.2 Å². The molecule has 0 unspecified atom stereocenters. The second-order valence-corrected chi connectivity index (χ2v) is 6.17. The van der Waals surface area contributed by atoms with Gasteiger partial charge in [0.1, 0.15) is 5.82 Å². The van der Waals surface area contributed by atoms with E-state index in [0.717, 1.165) is 5.69 Å². The summed E-state index contributed by atoms with van der Waals surface area (Å²) in [4.78, 5) is 0.227. The Balaban J connectivity index is 2.28. The highest BCUT2D eigenvalue weighted by Crippen LogP contribution is 2.14. The van der Waals surface area contributed by atoms with E-state index in [2.05, 4.69) is 9.82 Å². The van der Waals surface area contributed by atoms with E-state index >= 15 is 0 Å². The van der Waals surface area contributed by atoms with Crippen molar-refractivity contribution >= 4 is 15.8 Å². The maximum atomic E-state index is 11.9. The molecule has 0 aliphatic heterocycles. The molecule has 0 bridgehead atoms. The zero-order chi connectivity index (χ0) is 14.0. The number of sulfonamides is 1. The van der Waals surface area contributed by atoms with Crippen molar-refractivity contribution in [3.05, 3.63) is 36.5 Å². The van der Waals surface area contributed by atoms with Gasteiger partial charge in [0, 0.05) is 18.3 Å². The van der Waals surface area contributed by atoms with Gasteiger partial charge in [-0.25, -0.2) is 17.8 Å². The molecule has 7 heteroatoms. The second kappa shape index (κ2) is 5.02. The Hall–Kier alpha value is -1.86. The third-order valence-electron chi connectivity index (χ3n) is 2.41. The largest absolute Gasteiger partial charge is 0.382 e. The van der Waals surface area contributed by atoms with Gasteiger partial charge in [-0.2, -0.15) is 5.10 Å². The molecular weight excluding hydrogens is 264 g/mol. The predicted molar refractivity (Wildman–Crippen MR) is 73.4 cm³/mol. The maximum absolute atomic E-state index is 11.9. The molecule has 1 aromatic carbocycles. The molecule has 19 heavy (non-hydrogen) atoms. The molecule has 6 nitrogen and oxygen atoms in total. The molecule has 0 spiro atoms. The van der Waals surface area contributed by atoms with Crippen LogP contribution in [0.1, 0.15) is 13.8 Å². The fourth-order valence-corrected chi connectivity index (χ4v) is 2.89. The number of hydrogen-bond acceptors (Lipinski definition) is 4. The molecule has 0 aliphatic rings. The van der Waals surface area contributed by atoms with Crippen LogP contribution in [0.25, 0.3) is 5.69 Å². The molecule has 0 radical (unpaired) electrons. The first-order valence-corrected chi connectivity index (χ1v) is 7.31. The van der Waals surface area contributed by atoms with Crippen LogP contribution in [0, 0.1) is 0 Å². The quantitative estimate of drug-likeness (QED) is 0.878. The summed E-state index contributed by atoms with van der Waals surface area (Å²) in [5, 5.41) is 4.05. The van der Waals surface area contributed by atoms with Crippen LogP contribution in [0.3, 0.4) is 0 Å². The van der Waals surface area contributed by atoms with E-state index in [1.54, 1.807) is 42.9 Å². The number of rotatable bonds is 4. The molecule has 0 aliphatic carbocycles. The molecule has 0 atom stereocenters. The van der Waals surface area contributed by atoms with Crippen molar-refractivity contribution in [1.29, 1.82) is 0 Å². The van der Waals surface area contributed by atoms with Crippen molar-refractivity contribution in [2.75, 3.05) is 5.73 Å². The lowest BCUT2D eigenvalue weighted by molar-refractivity contribution is 0.570. The van der Waals surface area contributed by atoms with Crippen LogP contribution in [0.2, 0.25) is 0 Å². The number of nitrogens with two attached hydrogens (primary N) is 1. The van der Waals surface area contributed by atoms with Crippen molar-refractivity contribution in [2.45, 2.75) is 24.8 Å². The summed E-state index contributed by atoms with van der Waals surface area (Å²) in [5.74, 6) is 0.415. The summed E-state index contributed by atoms with van der Waals surface area (Å²) in [5.41, 5.74) is 6.28. The summed E-state index contributed by atoms with van der Waals surface area (Å²) in [6, 6.07) is 7.97. The molecule has 0 amide bonds. The number of aromatic nitrogens is 2. The monoisotopic (exact) mass is 280 g/mol. The molecule has 2 rings (SSSR count). The summed E-state index contributed by atoms with van der Waals surface area (Å²) in [6.45, 7) is 3.55. The lowest BCUT2D eigenvalue weighted by Gasteiger charge is -2.10. The first-order chi connectivity index (χ1) is 8.88. The van der Waals surface area contributed by atoms with Crippen molar-refractivity contribution in [3.8, 4) is 5.69 Å². The molecule has 0 saturated carbocycles. The Morgan fingerprint density at radius 3 is 2.32 bits per heavy atom. The Bertz CT molecular complexity index is 659. The molecule has 1 heterocycles. The third-order valence-corrected chi connectivity index (χ3v) is 4.09. The topological polar surface area (TPSA) is 90.0 Å². The van der Waals surface area contributed by atoms with Gasteiger partial charge in [0.2, 0.25) is 10.0 Å². The number of benzene rings is 1. The summed E-state index contributed by atoms with van der Waals surface area (Å²) in [6.07, 6.45) is 1.71. The minimum absolute atomic E-state index is 0.143. The van der Waals surface area contributed by atoms with Gasteiger partial charge in [0.15, 0.2) is 0 Å². The lowest BCUT2D eigenvalue weighted by atomic mass is 10.3. The number of nitrogens with zero attached hydrogens (tertiary/aromatic N) is 2. The minimum Gasteiger partial charge on any atom is -0.382 e. The van der Waals surface area contributed by atoms with Crippen molar-refractivity contribution in [2.24, 2.45) is 0 Å². The van der Waals surface area contributed by atoms with E-state index in [1.165, 1.54) is 12.1 Å². The van der Waals surface area contributed by atoms with Crippen LogP contribution in [0.5, 0.6) is 0 Å². The van der Waals surface area contributed by atoms with Crippen LogP contribution in [-0.2, 0) is 10.0 Å². The van der Waals surface area contributed by atoms with Crippen molar-refractivity contribution < 1.29 is 8.42 Å². The summed E-state index contributed by atoms with van der Waals surface area (Å²) < 4.78 is 28.0. The Kier molecular flexibility index (Phi) is 3.59. The van der Waals surface area contributed by atoms with Gasteiger partial charge >= 0.3 is 0 Å². The number of nitrogen functional groups attached to an aromatic ring is 1. The Labute approximate surface area is 112 Å². The second-order valence-electron chi connectivity index (χ2n) is 4.46. The molecule has 3 N–H and O–H groups in total. The van der Waals surface area contributed by atoms with E-state index in [9.17, 15) is 8.42 Å². The number of hydrogen-bond donors (Lipinski definition) is 2. The van der Waals surface area contributed by atoms with Gasteiger partial charge in [-0.3, -0.25) is 0 Å². The van der Waals surface area contributed by atoms with Gasteiger partial charge in [0.05, 0.1) is 10.6 Å². The highest BCUT2D eigenvalue weighted by atomic mass is 32.2. The number of anilines is 1. The van der Waals surface area contributed by atoms with E-state index in [4.69, 9.17) is 5.73 Å². The van der Waals surface area contributed by atoms with Gasteiger partial charge < -0.3 is 5.73 Å².